The lowest BCUT2D eigenvalue weighted by Crippen LogP contribution is -2.22. The van der Waals surface area contributed by atoms with Crippen molar-refractivity contribution in [1.29, 1.82) is 0 Å². The van der Waals surface area contributed by atoms with Crippen molar-refractivity contribution in [3.8, 4) is 5.75 Å². The average molecular weight is 440 g/mol. The van der Waals surface area contributed by atoms with Crippen molar-refractivity contribution in [2.24, 2.45) is 0 Å². The number of rotatable bonds is 9. The standard InChI is InChI=1S/C20H27F3N6O2/c1-13(2)16-12-17(24-10-5-11-29(3)4)27-18(26-16)28-19(30)25-14-6-8-15(9-7-14)31-20(21,22)23/h6-9,12-13H,5,10-11H2,1-4H3,(H3,24,25,26,27,28,30). The molecule has 170 valence electrons. The van der Waals surface area contributed by atoms with E-state index < -0.39 is 12.4 Å². The number of ether oxygens (including phenoxy) is 1. The molecule has 2 aromatic rings. The molecule has 0 atom stereocenters. The van der Waals surface area contributed by atoms with Crippen LogP contribution in [0.2, 0.25) is 0 Å². The van der Waals surface area contributed by atoms with Gasteiger partial charge in [-0.05, 0) is 57.2 Å². The Morgan fingerprint density at radius 2 is 1.81 bits per heavy atom. The van der Waals surface area contributed by atoms with Crippen LogP contribution in [-0.4, -0.2) is 54.4 Å². The summed E-state index contributed by atoms with van der Waals surface area (Å²) < 4.78 is 40.5. The van der Waals surface area contributed by atoms with E-state index in [9.17, 15) is 18.0 Å². The largest absolute Gasteiger partial charge is 0.573 e. The van der Waals surface area contributed by atoms with Crippen LogP contribution in [0, 0.1) is 0 Å². The Bertz CT molecular complexity index is 857. The lowest BCUT2D eigenvalue weighted by Gasteiger charge is -2.14. The van der Waals surface area contributed by atoms with E-state index >= 15 is 0 Å². The van der Waals surface area contributed by atoms with Gasteiger partial charge >= 0.3 is 12.4 Å². The summed E-state index contributed by atoms with van der Waals surface area (Å²) in [5, 5.41) is 8.30. The molecule has 2 amide bonds. The molecule has 0 aliphatic carbocycles. The van der Waals surface area contributed by atoms with Gasteiger partial charge in [0.1, 0.15) is 11.6 Å². The van der Waals surface area contributed by atoms with Crippen molar-refractivity contribution >= 4 is 23.5 Å². The molecule has 0 aliphatic rings. The van der Waals surface area contributed by atoms with Crippen LogP contribution in [0.1, 0.15) is 31.9 Å². The number of amides is 2. The molecule has 0 fully saturated rings. The van der Waals surface area contributed by atoms with E-state index in [1.165, 1.54) is 12.1 Å². The Balaban J connectivity index is 2.00. The monoisotopic (exact) mass is 440 g/mol. The molecule has 31 heavy (non-hydrogen) atoms. The summed E-state index contributed by atoms with van der Waals surface area (Å²) in [5.74, 6) is 0.462. The molecule has 11 heteroatoms. The van der Waals surface area contributed by atoms with Crippen LogP contribution in [0.25, 0.3) is 0 Å². The smallest absolute Gasteiger partial charge is 0.406 e. The molecular formula is C20H27F3N6O2. The molecule has 0 saturated carbocycles. The molecular weight excluding hydrogens is 413 g/mol. The van der Waals surface area contributed by atoms with Gasteiger partial charge in [-0.3, -0.25) is 5.32 Å². The summed E-state index contributed by atoms with van der Waals surface area (Å²) in [6, 6.07) is 6.02. The second-order valence-corrected chi connectivity index (χ2v) is 7.39. The number of hydrogen-bond donors (Lipinski definition) is 3. The molecule has 0 saturated heterocycles. The van der Waals surface area contributed by atoms with Gasteiger partial charge < -0.3 is 20.3 Å². The summed E-state index contributed by atoms with van der Waals surface area (Å²) in [4.78, 5) is 23.0. The number of anilines is 3. The van der Waals surface area contributed by atoms with Crippen molar-refractivity contribution in [2.75, 3.05) is 43.1 Å². The zero-order valence-corrected chi connectivity index (χ0v) is 17.9. The number of carbonyl (C=O) groups is 1. The molecule has 2 rings (SSSR count). The first kappa shape index (κ1) is 24.2. The van der Waals surface area contributed by atoms with Gasteiger partial charge in [0.2, 0.25) is 5.95 Å². The highest BCUT2D eigenvalue weighted by molar-refractivity contribution is 5.98. The Kier molecular flexibility index (Phi) is 8.43. The van der Waals surface area contributed by atoms with E-state index in [4.69, 9.17) is 0 Å². The van der Waals surface area contributed by atoms with Crippen LogP contribution in [0.3, 0.4) is 0 Å². The lowest BCUT2D eigenvalue weighted by molar-refractivity contribution is -0.274. The van der Waals surface area contributed by atoms with Crippen molar-refractivity contribution in [3.05, 3.63) is 36.0 Å². The van der Waals surface area contributed by atoms with Gasteiger partial charge in [-0.15, -0.1) is 13.2 Å². The number of nitrogens with one attached hydrogen (secondary N) is 3. The van der Waals surface area contributed by atoms with E-state index in [2.05, 4.69) is 35.6 Å². The molecule has 0 radical (unpaired) electrons. The quantitative estimate of drug-likeness (QED) is 0.497. The zero-order chi connectivity index (χ0) is 23.0. The number of aromatic nitrogens is 2. The van der Waals surface area contributed by atoms with Crippen molar-refractivity contribution in [2.45, 2.75) is 32.5 Å². The molecule has 0 unspecified atom stereocenters. The van der Waals surface area contributed by atoms with E-state index in [0.29, 0.717) is 12.4 Å². The first-order chi connectivity index (χ1) is 14.5. The predicted molar refractivity (Wildman–Crippen MR) is 114 cm³/mol. The maximum atomic E-state index is 12.3. The Hall–Kier alpha value is -3.08. The molecule has 0 bridgehead atoms. The van der Waals surface area contributed by atoms with Crippen LogP contribution in [0.15, 0.2) is 30.3 Å². The van der Waals surface area contributed by atoms with Crippen LogP contribution in [0.5, 0.6) is 5.75 Å². The van der Waals surface area contributed by atoms with E-state index in [1.54, 1.807) is 0 Å². The summed E-state index contributed by atoms with van der Waals surface area (Å²) >= 11 is 0. The SMILES string of the molecule is CC(C)c1cc(NCCCN(C)C)nc(NC(=O)Nc2ccc(OC(F)(F)F)cc2)n1. The summed E-state index contributed by atoms with van der Waals surface area (Å²) in [6.45, 7) is 5.60. The number of benzene rings is 1. The minimum absolute atomic E-state index is 0.120. The second kappa shape index (κ2) is 10.8. The number of nitrogens with zero attached hydrogens (tertiary/aromatic N) is 3. The molecule has 1 aromatic carbocycles. The van der Waals surface area contributed by atoms with Gasteiger partial charge in [0.25, 0.3) is 0 Å². The third-order valence-corrected chi connectivity index (χ3v) is 4.00. The molecule has 8 nitrogen and oxygen atoms in total. The number of halogens is 3. The Morgan fingerprint density at radius 3 is 2.39 bits per heavy atom. The topological polar surface area (TPSA) is 91.4 Å². The molecule has 0 spiro atoms. The van der Waals surface area contributed by atoms with Crippen LogP contribution in [0.4, 0.5) is 35.4 Å². The van der Waals surface area contributed by atoms with Crippen molar-refractivity contribution < 1.29 is 22.7 Å². The Labute approximate surface area is 179 Å². The third kappa shape index (κ3) is 9.08. The fraction of sp³-hybridized carbons (Fsp3) is 0.450. The van der Waals surface area contributed by atoms with E-state index in [-0.39, 0.29) is 23.3 Å². The van der Waals surface area contributed by atoms with Crippen LogP contribution < -0.4 is 20.7 Å². The number of carbonyl (C=O) groups excluding carboxylic acids is 1. The van der Waals surface area contributed by atoms with E-state index in [0.717, 1.165) is 30.8 Å². The number of hydrogen-bond acceptors (Lipinski definition) is 6. The normalized spacial score (nSPS) is 11.5. The minimum atomic E-state index is -4.77. The van der Waals surface area contributed by atoms with Gasteiger partial charge in [-0.2, -0.15) is 4.98 Å². The highest BCUT2D eigenvalue weighted by Crippen LogP contribution is 2.24. The van der Waals surface area contributed by atoms with Gasteiger partial charge in [-0.25, -0.2) is 9.78 Å². The van der Waals surface area contributed by atoms with E-state index in [1.807, 2.05) is 34.0 Å². The Morgan fingerprint density at radius 1 is 1.13 bits per heavy atom. The van der Waals surface area contributed by atoms with Gasteiger partial charge in [-0.1, -0.05) is 13.8 Å². The zero-order valence-electron chi connectivity index (χ0n) is 17.9. The maximum absolute atomic E-state index is 12.3. The summed E-state index contributed by atoms with van der Waals surface area (Å²) in [5.41, 5.74) is 1.04. The maximum Gasteiger partial charge on any atom is 0.573 e. The number of alkyl halides is 3. The van der Waals surface area contributed by atoms with Crippen molar-refractivity contribution in [3.63, 3.8) is 0 Å². The fourth-order valence-electron chi connectivity index (χ4n) is 2.52. The van der Waals surface area contributed by atoms with Gasteiger partial charge in [0.05, 0.1) is 5.69 Å². The minimum Gasteiger partial charge on any atom is -0.406 e. The fourth-order valence-corrected chi connectivity index (χ4v) is 2.52. The number of urea groups is 1. The van der Waals surface area contributed by atoms with Gasteiger partial charge in [0.15, 0.2) is 0 Å². The van der Waals surface area contributed by atoms with Gasteiger partial charge in [0, 0.05) is 18.3 Å². The summed E-state index contributed by atoms with van der Waals surface area (Å²) in [6.07, 6.45) is -3.85. The lowest BCUT2D eigenvalue weighted by atomic mass is 10.1. The molecule has 0 aliphatic heterocycles. The average Bonchev–Trinajstić information content (AvgIpc) is 2.65. The first-order valence-corrected chi connectivity index (χ1v) is 9.73. The van der Waals surface area contributed by atoms with Crippen molar-refractivity contribution in [1.82, 2.24) is 14.9 Å². The van der Waals surface area contributed by atoms with Crippen LogP contribution >= 0.6 is 0 Å². The van der Waals surface area contributed by atoms with Crippen LogP contribution in [-0.2, 0) is 0 Å². The summed E-state index contributed by atoms with van der Waals surface area (Å²) in [7, 11) is 4.00. The second-order valence-electron chi connectivity index (χ2n) is 7.39. The molecule has 1 aromatic heterocycles. The highest BCUT2D eigenvalue weighted by Gasteiger charge is 2.30. The molecule has 3 N–H and O–H groups in total. The predicted octanol–water partition coefficient (Wildman–Crippen LogP) is 4.51. The third-order valence-electron chi connectivity index (χ3n) is 4.00. The highest BCUT2D eigenvalue weighted by atomic mass is 19.4. The molecule has 1 heterocycles. The first-order valence-electron chi connectivity index (χ1n) is 9.73.